The highest BCUT2D eigenvalue weighted by atomic mass is 14.7. The Balaban J connectivity index is 2.29. The van der Waals surface area contributed by atoms with Crippen LogP contribution in [0.5, 0.6) is 0 Å². The number of rotatable bonds is 2. The minimum absolute atomic E-state index is 0.485. The van der Waals surface area contributed by atoms with E-state index in [4.69, 9.17) is 5.73 Å². The molecule has 0 heterocycles. The van der Waals surface area contributed by atoms with E-state index in [0.717, 1.165) is 17.8 Å². The molecule has 0 spiro atoms. The number of hydrogen-bond acceptors (Lipinski definition) is 1. The van der Waals surface area contributed by atoms with Gasteiger partial charge in [0.05, 0.1) is 0 Å². The summed E-state index contributed by atoms with van der Waals surface area (Å²) in [6, 6.07) is 0.485. The first-order valence-electron chi connectivity index (χ1n) is 4.85. The van der Waals surface area contributed by atoms with Crippen molar-refractivity contribution < 1.29 is 0 Å². The largest absolute Gasteiger partial charge is 0.327 e. The fraction of sp³-hybridized carbons (Fsp3) is 1.00. The molecule has 3 atom stereocenters. The van der Waals surface area contributed by atoms with Crippen LogP contribution in [0.1, 0.15) is 40.0 Å². The number of nitrogens with two attached hydrogens (primary N) is 1. The molecule has 0 saturated heterocycles. The molecule has 3 unspecified atom stereocenters. The molecule has 2 N–H and O–H groups in total. The molecule has 0 amide bonds. The van der Waals surface area contributed by atoms with Crippen LogP contribution in [0.2, 0.25) is 0 Å². The van der Waals surface area contributed by atoms with Crippen LogP contribution in [0.4, 0.5) is 0 Å². The van der Waals surface area contributed by atoms with E-state index in [1.54, 1.807) is 0 Å². The van der Waals surface area contributed by atoms with Crippen LogP contribution in [0.15, 0.2) is 0 Å². The molecular formula is C10H21N. The minimum Gasteiger partial charge on any atom is -0.327 e. The van der Waals surface area contributed by atoms with Gasteiger partial charge >= 0.3 is 0 Å². The Bertz CT molecular complexity index is 107. The molecule has 1 fully saturated rings. The quantitative estimate of drug-likeness (QED) is 0.651. The predicted molar refractivity (Wildman–Crippen MR) is 49.3 cm³/mol. The highest BCUT2D eigenvalue weighted by Crippen LogP contribution is 2.33. The normalized spacial score (nSPS) is 38.5. The van der Waals surface area contributed by atoms with E-state index < -0.39 is 0 Å². The van der Waals surface area contributed by atoms with Gasteiger partial charge in [-0.15, -0.1) is 0 Å². The van der Waals surface area contributed by atoms with Crippen molar-refractivity contribution in [3.63, 3.8) is 0 Å². The fourth-order valence-corrected chi connectivity index (χ4v) is 2.27. The molecule has 1 heteroatoms. The molecule has 0 radical (unpaired) electrons. The third-order valence-electron chi connectivity index (χ3n) is 2.85. The Morgan fingerprint density at radius 2 is 2.00 bits per heavy atom. The van der Waals surface area contributed by atoms with Crippen molar-refractivity contribution >= 4 is 0 Å². The summed E-state index contributed by atoms with van der Waals surface area (Å²) < 4.78 is 0. The van der Waals surface area contributed by atoms with E-state index in [1.807, 2.05) is 0 Å². The monoisotopic (exact) mass is 155 g/mol. The van der Waals surface area contributed by atoms with Crippen molar-refractivity contribution in [1.82, 2.24) is 0 Å². The van der Waals surface area contributed by atoms with E-state index in [2.05, 4.69) is 20.8 Å². The lowest BCUT2D eigenvalue weighted by Gasteiger charge is -2.11. The zero-order chi connectivity index (χ0) is 8.43. The van der Waals surface area contributed by atoms with Gasteiger partial charge in [0, 0.05) is 6.04 Å². The molecule has 0 aromatic rings. The van der Waals surface area contributed by atoms with Gasteiger partial charge < -0.3 is 5.73 Å². The smallest absolute Gasteiger partial charge is 0.00672 e. The highest BCUT2D eigenvalue weighted by Gasteiger charge is 2.28. The molecule has 1 nitrogen and oxygen atoms in total. The van der Waals surface area contributed by atoms with Gasteiger partial charge in [-0.3, -0.25) is 0 Å². The van der Waals surface area contributed by atoms with Gasteiger partial charge in [-0.05, 0) is 37.0 Å². The van der Waals surface area contributed by atoms with Crippen LogP contribution in [0.3, 0.4) is 0 Å². The average molecular weight is 155 g/mol. The van der Waals surface area contributed by atoms with E-state index in [9.17, 15) is 0 Å². The zero-order valence-electron chi connectivity index (χ0n) is 8.01. The van der Waals surface area contributed by atoms with Crippen molar-refractivity contribution in [3.05, 3.63) is 0 Å². The third-order valence-corrected chi connectivity index (χ3v) is 2.85. The Hall–Kier alpha value is -0.0400. The first kappa shape index (κ1) is 9.05. The van der Waals surface area contributed by atoms with Crippen LogP contribution in [-0.2, 0) is 0 Å². The van der Waals surface area contributed by atoms with E-state index in [1.165, 1.54) is 19.3 Å². The van der Waals surface area contributed by atoms with Gasteiger partial charge in [0.1, 0.15) is 0 Å². The summed E-state index contributed by atoms with van der Waals surface area (Å²) in [7, 11) is 0. The lowest BCUT2D eigenvalue weighted by molar-refractivity contribution is 0.407. The van der Waals surface area contributed by atoms with Gasteiger partial charge in [-0.25, -0.2) is 0 Å². The maximum absolute atomic E-state index is 5.94. The van der Waals surface area contributed by atoms with Gasteiger partial charge in [0.25, 0.3) is 0 Å². The minimum atomic E-state index is 0.485. The zero-order valence-corrected chi connectivity index (χ0v) is 8.01. The summed E-state index contributed by atoms with van der Waals surface area (Å²) >= 11 is 0. The van der Waals surface area contributed by atoms with E-state index >= 15 is 0 Å². The third kappa shape index (κ3) is 2.48. The topological polar surface area (TPSA) is 26.0 Å². The highest BCUT2D eigenvalue weighted by molar-refractivity contribution is 4.83. The molecule has 66 valence electrons. The molecule has 0 aromatic carbocycles. The van der Waals surface area contributed by atoms with Crippen LogP contribution in [-0.4, -0.2) is 6.04 Å². The predicted octanol–water partition coefficient (Wildman–Crippen LogP) is 2.41. The van der Waals surface area contributed by atoms with Crippen molar-refractivity contribution in [3.8, 4) is 0 Å². The Morgan fingerprint density at radius 3 is 2.36 bits per heavy atom. The standard InChI is InChI=1S/C10H21N/c1-7(2)4-9-5-8(3)10(11)6-9/h7-10H,4-6,11H2,1-3H3. The average Bonchev–Trinajstić information content (AvgIpc) is 2.10. The van der Waals surface area contributed by atoms with Crippen molar-refractivity contribution in [1.29, 1.82) is 0 Å². The lowest BCUT2D eigenvalue weighted by Crippen LogP contribution is -2.21. The summed E-state index contributed by atoms with van der Waals surface area (Å²) in [4.78, 5) is 0. The molecule has 1 rings (SSSR count). The second-order valence-electron chi connectivity index (χ2n) is 4.61. The maximum atomic E-state index is 5.94. The fourth-order valence-electron chi connectivity index (χ4n) is 2.27. The van der Waals surface area contributed by atoms with Gasteiger partial charge in [-0.2, -0.15) is 0 Å². The Labute approximate surface area is 70.4 Å². The second kappa shape index (κ2) is 3.57. The second-order valence-corrected chi connectivity index (χ2v) is 4.61. The molecule has 0 aliphatic heterocycles. The summed E-state index contributed by atoms with van der Waals surface area (Å²) in [6.45, 7) is 6.88. The van der Waals surface area contributed by atoms with Gasteiger partial charge in [0.2, 0.25) is 0 Å². The van der Waals surface area contributed by atoms with Crippen LogP contribution < -0.4 is 5.73 Å². The molecule has 1 saturated carbocycles. The Morgan fingerprint density at radius 1 is 1.36 bits per heavy atom. The molecule has 1 aliphatic rings. The summed E-state index contributed by atoms with van der Waals surface area (Å²) in [5, 5.41) is 0. The summed E-state index contributed by atoms with van der Waals surface area (Å²) in [6.07, 6.45) is 4.00. The molecule has 0 aromatic heterocycles. The molecule has 11 heavy (non-hydrogen) atoms. The summed E-state index contributed by atoms with van der Waals surface area (Å²) in [5.41, 5.74) is 5.94. The molecular weight excluding hydrogens is 134 g/mol. The van der Waals surface area contributed by atoms with Gasteiger partial charge in [0.15, 0.2) is 0 Å². The lowest BCUT2D eigenvalue weighted by atomic mass is 9.95. The molecule has 0 bridgehead atoms. The van der Waals surface area contributed by atoms with Crippen LogP contribution in [0, 0.1) is 17.8 Å². The number of hydrogen-bond donors (Lipinski definition) is 1. The maximum Gasteiger partial charge on any atom is 0.00672 e. The van der Waals surface area contributed by atoms with Crippen LogP contribution in [0.25, 0.3) is 0 Å². The summed E-state index contributed by atoms with van der Waals surface area (Å²) in [5.74, 6) is 2.52. The van der Waals surface area contributed by atoms with Crippen LogP contribution >= 0.6 is 0 Å². The van der Waals surface area contributed by atoms with E-state index in [-0.39, 0.29) is 0 Å². The van der Waals surface area contributed by atoms with Crippen molar-refractivity contribution in [2.75, 3.05) is 0 Å². The first-order valence-corrected chi connectivity index (χ1v) is 4.85. The SMILES string of the molecule is CC(C)CC1CC(C)C(N)C1. The van der Waals surface area contributed by atoms with Crippen molar-refractivity contribution in [2.24, 2.45) is 23.5 Å². The Kier molecular flexibility index (Phi) is 2.94. The van der Waals surface area contributed by atoms with Gasteiger partial charge in [-0.1, -0.05) is 20.8 Å². The first-order chi connectivity index (χ1) is 5.09. The molecule has 1 aliphatic carbocycles. The van der Waals surface area contributed by atoms with Crippen molar-refractivity contribution in [2.45, 2.75) is 46.1 Å². The van der Waals surface area contributed by atoms with E-state index in [0.29, 0.717) is 6.04 Å².